The molecule has 1 unspecified atom stereocenters. The Kier molecular flexibility index (Phi) is 5.83. The normalized spacial score (nSPS) is 18.9. The highest BCUT2D eigenvalue weighted by molar-refractivity contribution is 5.85. The molecule has 1 N–H and O–H groups in total. The van der Waals surface area contributed by atoms with Gasteiger partial charge in [0.1, 0.15) is 0 Å². The van der Waals surface area contributed by atoms with Crippen molar-refractivity contribution in [1.82, 2.24) is 10.2 Å². The number of amides is 1. The SMILES string of the molecule is Cc1ccc(C)c(CC(=O)N2CCNC(C)C2)c1.Cl. The summed E-state index contributed by atoms with van der Waals surface area (Å²) in [5.41, 5.74) is 3.58. The Balaban J connectivity index is 0.00000180. The third-order valence-electron chi connectivity index (χ3n) is 3.57. The Labute approximate surface area is 121 Å². The van der Waals surface area contributed by atoms with Gasteiger partial charge in [-0.3, -0.25) is 4.79 Å². The fourth-order valence-corrected chi connectivity index (χ4v) is 2.42. The molecule has 1 aromatic carbocycles. The fraction of sp³-hybridized carbons (Fsp3) is 0.533. The number of halogens is 1. The van der Waals surface area contributed by atoms with Gasteiger partial charge in [-0.15, -0.1) is 12.4 Å². The largest absolute Gasteiger partial charge is 0.340 e. The van der Waals surface area contributed by atoms with Crippen molar-refractivity contribution in [1.29, 1.82) is 0 Å². The second-order valence-electron chi connectivity index (χ2n) is 5.30. The lowest BCUT2D eigenvalue weighted by molar-refractivity contribution is -0.131. The molecule has 1 saturated heterocycles. The number of nitrogens with zero attached hydrogens (tertiary/aromatic N) is 1. The van der Waals surface area contributed by atoms with Crippen molar-refractivity contribution in [2.24, 2.45) is 0 Å². The highest BCUT2D eigenvalue weighted by Crippen LogP contribution is 2.13. The van der Waals surface area contributed by atoms with Crippen molar-refractivity contribution >= 4 is 18.3 Å². The molecule has 1 fully saturated rings. The van der Waals surface area contributed by atoms with Crippen LogP contribution in [0.25, 0.3) is 0 Å². The van der Waals surface area contributed by atoms with Crippen molar-refractivity contribution < 1.29 is 4.79 Å². The summed E-state index contributed by atoms with van der Waals surface area (Å²) in [4.78, 5) is 14.2. The zero-order chi connectivity index (χ0) is 13.1. The first-order valence-corrected chi connectivity index (χ1v) is 6.63. The summed E-state index contributed by atoms with van der Waals surface area (Å²) in [6.45, 7) is 8.82. The first-order chi connectivity index (χ1) is 8.56. The highest BCUT2D eigenvalue weighted by Gasteiger charge is 2.20. The molecule has 106 valence electrons. The fourth-order valence-electron chi connectivity index (χ4n) is 2.42. The van der Waals surface area contributed by atoms with E-state index in [1.165, 1.54) is 11.1 Å². The minimum atomic E-state index is 0. The molecule has 4 heteroatoms. The second kappa shape index (κ2) is 6.92. The predicted molar refractivity (Wildman–Crippen MR) is 80.9 cm³/mol. The summed E-state index contributed by atoms with van der Waals surface area (Å²) in [6.07, 6.45) is 0.528. The average molecular weight is 283 g/mol. The van der Waals surface area contributed by atoms with Crippen LogP contribution < -0.4 is 5.32 Å². The minimum absolute atomic E-state index is 0. The molecule has 0 aliphatic carbocycles. The minimum Gasteiger partial charge on any atom is -0.340 e. The number of carbonyl (C=O) groups excluding carboxylic acids is 1. The van der Waals surface area contributed by atoms with Crippen LogP contribution in [0.1, 0.15) is 23.6 Å². The second-order valence-corrected chi connectivity index (χ2v) is 5.30. The van der Waals surface area contributed by atoms with E-state index in [1.807, 2.05) is 4.90 Å². The van der Waals surface area contributed by atoms with Crippen LogP contribution in [0.4, 0.5) is 0 Å². The van der Waals surface area contributed by atoms with Gasteiger partial charge in [0.05, 0.1) is 6.42 Å². The van der Waals surface area contributed by atoms with Crippen LogP contribution in [0.15, 0.2) is 18.2 Å². The average Bonchev–Trinajstić information content (AvgIpc) is 2.34. The van der Waals surface area contributed by atoms with E-state index in [2.05, 4.69) is 44.3 Å². The van der Waals surface area contributed by atoms with Crippen LogP contribution in [0.3, 0.4) is 0 Å². The number of hydrogen-bond donors (Lipinski definition) is 1. The van der Waals surface area contributed by atoms with Gasteiger partial charge in [0.2, 0.25) is 5.91 Å². The van der Waals surface area contributed by atoms with E-state index < -0.39 is 0 Å². The number of hydrogen-bond acceptors (Lipinski definition) is 2. The lowest BCUT2D eigenvalue weighted by Gasteiger charge is -2.32. The van der Waals surface area contributed by atoms with Gasteiger partial charge in [0, 0.05) is 25.7 Å². The van der Waals surface area contributed by atoms with E-state index in [4.69, 9.17) is 0 Å². The number of aryl methyl sites for hydroxylation is 2. The van der Waals surface area contributed by atoms with Crippen LogP contribution in [-0.4, -0.2) is 36.5 Å². The summed E-state index contributed by atoms with van der Waals surface area (Å²) in [7, 11) is 0. The van der Waals surface area contributed by atoms with Gasteiger partial charge in [-0.25, -0.2) is 0 Å². The van der Waals surface area contributed by atoms with Crippen molar-refractivity contribution in [3.8, 4) is 0 Å². The smallest absolute Gasteiger partial charge is 0.227 e. The third kappa shape index (κ3) is 4.22. The lowest BCUT2D eigenvalue weighted by atomic mass is 10.0. The van der Waals surface area contributed by atoms with Gasteiger partial charge in [0.15, 0.2) is 0 Å². The monoisotopic (exact) mass is 282 g/mol. The standard InChI is InChI=1S/C15H22N2O.ClH/c1-11-4-5-12(2)14(8-11)9-15(18)17-7-6-16-13(3)10-17;/h4-5,8,13,16H,6-7,9-10H2,1-3H3;1H. The Morgan fingerprint density at radius 2 is 2.16 bits per heavy atom. The number of rotatable bonds is 2. The molecule has 3 nitrogen and oxygen atoms in total. The molecule has 0 bridgehead atoms. The molecule has 1 heterocycles. The summed E-state index contributed by atoms with van der Waals surface area (Å²) in [5.74, 6) is 0.247. The predicted octanol–water partition coefficient (Wildman–Crippen LogP) is 2.09. The number of nitrogens with one attached hydrogen (secondary N) is 1. The molecule has 0 spiro atoms. The number of piperazine rings is 1. The summed E-state index contributed by atoms with van der Waals surface area (Å²) < 4.78 is 0. The maximum absolute atomic E-state index is 12.3. The van der Waals surface area contributed by atoms with Gasteiger partial charge >= 0.3 is 0 Å². The Morgan fingerprint density at radius 1 is 1.42 bits per heavy atom. The molecule has 2 rings (SSSR count). The van der Waals surface area contributed by atoms with Crippen LogP contribution in [-0.2, 0) is 11.2 Å². The van der Waals surface area contributed by atoms with Crippen molar-refractivity contribution in [2.75, 3.05) is 19.6 Å². The van der Waals surface area contributed by atoms with Crippen LogP contribution >= 0.6 is 12.4 Å². The molecule has 1 atom stereocenters. The zero-order valence-corrected chi connectivity index (χ0v) is 12.7. The van der Waals surface area contributed by atoms with Crippen LogP contribution in [0.5, 0.6) is 0 Å². The van der Waals surface area contributed by atoms with E-state index >= 15 is 0 Å². The van der Waals surface area contributed by atoms with Crippen molar-refractivity contribution in [3.63, 3.8) is 0 Å². The van der Waals surface area contributed by atoms with Gasteiger partial charge in [-0.05, 0) is 31.9 Å². The van der Waals surface area contributed by atoms with Gasteiger partial charge < -0.3 is 10.2 Å². The van der Waals surface area contributed by atoms with Crippen LogP contribution in [0.2, 0.25) is 0 Å². The Morgan fingerprint density at radius 3 is 2.84 bits per heavy atom. The third-order valence-corrected chi connectivity index (χ3v) is 3.57. The highest BCUT2D eigenvalue weighted by atomic mass is 35.5. The Hall–Kier alpha value is -1.06. The molecular formula is C15H23ClN2O. The number of carbonyl (C=O) groups is 1. The topological polar surface area (TPSA) is 32.3 Å². The Bertz CT molecular complexity index is 448. The molecule has 1 aliphatic rings. The van der Waals surface area contributed by atoms with E-state index in [0.29, 0.717) is 12.5 Å². The van der Waals surface area contributed by atoms with E-state index in [1.54, 1.807) is 0 Å². The summed E-state index contributed by atoms with van der Waals surface area (Å²) in [5, 5.41) is 3.36. The summed E-state index contributed by atoms with van der Waals surface area (Å²) in [6, 6.07) is 6.72. The van der Waals surface area contributed by atoms with Crippen molar-refractivity contribution in [3.05, 3.63) is 34.9 Å². The molecule has 0 saturated carbocycles. The molecule has 1 aromatic rings. The van der Waals surface area contributed by atoms with Crippen molar-refractivity contribution in [2.45, 2.75) is 33.2 Å². The molecule has 19 heavy (non-hydrogen) atoms. The summed E-state index contributed by atoms with van der Waals surface area (Å²) >= 11 is 0. The van der Waals surface area contributed by atoms with E-state index in [-0.39, 0.29) is 18.3 Å². The quantitative estimate of drug-likeness (QED) is 0.901. The molecule has 1 aliphatic heterocycles. The van der Waals surface area contributed by atoms with E-state index in [9.17, 15) is 4.79 Å². The first-order valence-electron chi connectivity index (χ1n) is 6.63. The zero-order valence-electron chi connectivity index (χ0n) is 11.9. The molecule has 0 radical (unpaired) electrons. The lowest BCUT2D eigenvalue weighted by Crippen LogP contribution is -2.51. The maximum atomic E-state index is 12.3. The van der Waals surface area contributed by atoms with E-state index in [0.717, 1.165) is 25.2 Å². The number of benzene rings is 1. The first kappa shape index (κ1) is 16.0. The maximum Gasteiger partial charge on any atom is 0.227 e. The van der Waals surface area contributed by atoms with Gasteiger partial charge in [-0.1, -0.05) is 23.8 Å². The molecular weight excluding hydrogens is 260 g/mol. The molecule has 0 aromatic heterocycles. The van der Waals surface area contributed by atoms with Crippen LogP contribution in [0, 0.1) is 13.8 Å². The molecule has 1 amide bonds. The van der Waals surface area contributed by atoms with Gasteiger partial charge in [-0.2, -0.15) is 0 Å². The van der Waals surface area contributed by atoms with Gasteiger partial charge in [0.25, 0.3) is 0 Å².